The molecule has 7 nitrogen and oxygen atoms in total. The summed E-state index contributed by atoms with van der Waals surface area (Å²) in [5, 5.41) is 15.8. The molecule has 10 heteroatoms. The highest BCUT2D eigenvalue weighted by molar-refractivity contribution is 7.99. The Morgan fingerprint density at radius 1 is 1.28 bits per heavy atom. The third kappa shape index (κ3) is 6.49. The van der Waals surface area contributed by atoms with Gasteiger partial charge in [0.25, 0.3) is 5.91 Å². The van der Waals surface area contributed by atoms with E-state index in [0.717, 1.165) is 12.8 Å². The Bertz CT molecular complexity index is 975. The first kappa shape index (κ1) is 24.6. The van der Waals surface area contributed by atoms with Crippen molar-refractivity contribution in [2.24, 2.45) is 0 Å². The topological polar surface area (TPSA) is 88.9 Å². The maximum Gasteiger partial charge on any atom is 0.253 e. The summed E-state index contributed by atoms with van der Waals surface area (Å²) >= 11 is 13.4. The van der Waals surface area contributed by atoms with Crippen LogP contribution in [-0.2, 0) is 11.3 Å². The smallest absolute Gasteiger partial charge is 0.253 e. The second-order valence-corrected chi connectivity index (χ2v) is 9.54. The molecule has 0 bridgehead atoms. The number of allylic oxidation sites excluding steroid dienone is 1. The molecule has 0 aliphatic heterocycles. The van der Waals surface area contributed by atoms with Crippen LogP contribution in [-0.4, -0.2) is 38.4 Å². The fourth-order valence-electron chi connectivity index (χ4n) is 3.69. The number of benzene rings is 1. The SMILES string of the molecule is C=CCn1c(SCC(=O)NC2CCCCC2)nnc1C(C)NC(=O)c1ccc(Cl)cc1Cl. The van der Waals surface area contributed by atoms with Crippen LogP contribution >= 0.6 is 35.0 Å². The summed E-state index contributed by atoms with van der Waals surface area (Å²) in [4.78, 5) is 25.0. The molecule has 0 saturated heterocycles. The third-order valence-electron chi connectivity index (χ3n) is 5.27. The van der Waals surface area contributed by atoms with Crippen molar-refractivity contribution in [3.05, 3.63) is 52.3 Å². The predicted octanol–water partition coefficient (Wildman–Crippen LogP) is 4.80. The highest BCUT2D eigenvalue weighted by atomic mass is 35.5. The Labute approximate surface area is 202 Å². The minimum Gasteiger partial charge on any atom is -0.353 e. The molecule has 0 radical (unpaired) electrons. The lowest BCUT2D eigenvalue weighted by molar-refractivity contribution is -0.119. The first-order chi connectivity index (χ1) is 15.4. The van der Waals surface area contributed by atoms with E-state index in [0.29, 0.717) is 28.1 Å². The van der Waals surface area contributed by atoms with E-state index in [2.05, 4.69) is 27.4 Å². The average Bonchev–Trinajstić information content (AvgIpc) is 3.16. The lowest BCUT2D eigenvalue weighted by Gasteiger charge is -2.22. The number of amides is 2. The number of nitrogens with zero attached hydrogens (tertiary/aromatic N) is 3. The second kappa shape index (κ2) is 11.7. The van der Waals surface area contributed by atoms with Gasteiger partial charge in [-0.15, -0.1) is 16.8 Å². The molecule has 2 amide bonds. The molecule has 2 aromatic rings. The van der Waals surface area contributed by atoms with Crippen molar-refractivity contribution in [3.8, 4) is 0 Å². The van der Waals surface area contributed by atoms with E-state index >= 15 is 0 Å². The molecule has 0 spiro atoms. The van der Waals surface area contributed by atoms with E-state index in [1.807, 2.05) is 11.5 Å². The summed E-state index contributed by atoms with van der Waals surface area (Å²) < 4.78 is 1.85. The fourth-order valence-corrected chi connectivity index (χ4v) is 4.95. The average molecular weight is 496 g/mol. The highest BCUT2D eigenvalue weighted by Gasteiger charge is 2.22. The molecule has 2 N–H and O–H groups in total. The molecule has 32 heavy (non-hydrogen) atoms. The van der Waals surface area contributed by atoms with Crippen LogP contribution in [0.15, 0.2) is 36.0 Å². The molecule has 1 aromatic heterocycles. The summed E-state index contributed by atoms with van der Waals surface area (Å²) in [6.45, 7) is 6.07. The lowest BCUT2D eigenvalue weighted by atomic mass is 9.95. The Hall–Kier alpha value is -2.03. The third-order valence-corrected chi connectivity index (χ3v) is 6.78. The maximum absolute atomic E-state index is 12.7. The van der Waals surface area contributed by atoms with Crippen LogP contribution in [0.25, 0.3) is 0 Å². The molecule has 1 heterocycles. The Morgan fingerprint density at radius 3 is 2.72 bits per heavy atom. The van der Waals surface area contributed by atoms with Crippen molar-refractivity contribution in [3.63, 3.8) is 0 Å². The molecule has 1 aliphatic rings. The van der Waals surface area contributed by atoms with E-state index in [-0.39, 0.29) is 28.6 Å². The summed E-state index contributed by atoms with van der Waals surface area (Å²) in [7, 11) is 0. The summed E-state index contributed by atoms with van der Waals surface area (Å²) in [6, 6.07) is 4.55. The highest BCUT2D eigenvalue weighted by Crippen LogP contribution is 2.24. The van der Waals surface area contributed by atoms with Gasteiger partial charge in [0, 0.05) is 17.6 Å². The van der Waals surface area contributed by atoms with Gasteiger partial charge in [-0.1, -0.05) is 60.3 Å². The van der Waals surface area contributed by atoms with Gasteiger partial charge in [-0.3, -0.25) is 9.59 Å². The normalized spacial score (nSPS) is 15.2. The predicted molar refractivity (Wildman–Crippen MR) is 128 cm³/mol. The number of thioether (sulfide) groups is 1. The molecular weight excluding hydrogens is 469 g/mol. The van der Waals surface area contributed by atoms with Gasteiger partial charge in [-0.2, -0.15) is 0 Å². The number of hydrogen-bond donors (Lipinski definition) is 2. The Balaban J connectivity index is 1.64. The van der Waals surface area contributed by atoms with Gasteiger partial charge in [0.05, 0.1) is 22.4 Å². The molecule has 3 rings (SSSR count). The molecular formula is C22H27Cl2N5O2S. The lowest BCUT2D eigenvalue weighted by Crippen LogP contribution is -2.37. The monoisotopic (exact) mass is 495 g/mol. The van der Waals surface area contributed by atoms with Gasteiger partial charge in [0.15, 0.2) is 11.0 Å². The number of rotatable bonds is 9. The largest absolute Gasteiger partial charge is 0.353 e. The van der Waals surface area contributed by atoms with Crippen LogP contribution < -0.4 is 10.6 Å². The van der Waals surface area contributed by atoms with Crippen LogP contribution in [0.1, 0.15) is 61.3 Å². The molecule has 1 aliphatic carbocycles. The molecule has 1 saturated carbocycles. The van der Waals surface area contributed by atoms with Crippen LogP contribution in [0.3, 0.4) is 0 Å². The summed E-state index contributed by atoms with van der Waals surface area (Å²) in [5.74, 6) is 0.481. The van der Waals surface area contributed by atoms with Crippen molar-refractivity contribution >= 4 is 46.8 Å². The number of aromatic nitrogens is 3. The number of hydrogen-bond acceptors (Lipinski definition) is 5. The van der Waals surface area contributed by atoms with Gasteiger partial charge >= 0.3 is 0 Å². The van der Waals surface area contributed by atoms with Gasteiger partial charge in [0.1, 0.15) is 0 Å². The minimum atomic E-state index is -0.438. The zero-order valence-corrected chi connectivity index (χ0v) is 20.3. The zero-order chi connectivity index (χ0) is 23.1. The van der Waals surface area contributed by atoms with Crippen molar-refractivity contribution in [1.82, 2.24) is 25.4 Å². The molecule has 172 valence electrons. The second-order valence-electron chi connectivity index (χ2n) is 7.75. The van der Waals surface area contributed by atoms with Crippen molar-refractivity contribution in [2.45, 2.75) is 62.8 Å². The number of carbonyl (C=O) groups is 2. The number of carbonyl (C=O) groups excluding carboxylic acids is 2. The Kier molecular flexibility index (Phi) is 9.02. The van der Waals surface area contributed by atoms with Crippen molar-refractivity contribution < 1.29 is 9.59 Å². The van der Waals surface area contributed by atoms with Crippen LogP contribution in [0.5, 0.6) is 0 Å². The van der Waals surface area contributed by atoms with Gasteiger partial charge < -0.3 is 15.2 Å². The van der Waals surface area contributed by atoms with Crippen molar-refractivity contribution in [1.29, 1.82) is 0 Å². The van der Waals surface area contributed by atoms with Gasteiger partial charge in [0.2, 0.25) is 5.91 Å². The first-order valence-corrected chi connectivity index (χ1v) is 12.3. The van der Waals surface area contributed by atoms with E-state index in [9.17, 15) is 9.59 Å². The molecule has 1 atom stereocenters. The molecule has 1 fully saturated rings. The fraction of sp³-hybridized carbons (Fsp3) is 0.455. The number of nitrogens with one attached hydrogen (secondary N) is 2. The minimum absolute atomic E-state index is 0.00432. The van der Waals surface area contributed by atoms with Gasteiger partial charge in [-0.25, -0.2) is 0 Å². The van der Waals surface area contributed by atoms with Crippen molar-refractivity contribution in [2.75, 3.05) is 5.75 Å². The first-order valence-electron chi connectivity index (χ1n) is 10.6. The zero-order valence-electron chi connectivity index (χ0n) is 17.9. The van der Waals surface area contributed by atoms with Crippen LogP contribution in [0, 0.1) is 0 Å². The Morgan fingerprint density at radius 2 is 2.03 bits per heavy atom. The maximum atomic E-state index is 12.7. The van der Waals surface area contributed by atoms with E-state index in [4.69, 9.17) is 23.2 Å². The summed E-state index contributed by atoms with van der Waals surface area (Å²) in [6.07, 6.45) is 7.39. The quantitative estimate of drug-likeness (QED) is 0.385. The molecule has 1 aromatic carbocycles. The molecule has 1 unspecified atom stereocenters. The van der Waals surface area contributed by atoms with Crippen LogP contribution in [0.4, 0.5) is 0 Å². The van der Waals surface area contributed by atoms with E-state index in [1.165, 1.54) is 37.1 Å². The standard InChI is InChI=1S/C22H27Cl2N5O2S/c1-3-11-29-20(14(2)25-21(31)17-10-9-15(23)12-18(17)24)27-28-22(29)32-13-19(30)26-16-7-5-4-6-8-16/h3,9-10,12,14,16H,1,4-8,11,13H2,2H3,(H,25,31)(H,26,30). The number of halogens is 2. The van der Waals surface area contributed by atoms with E-state index in [1.54, 1.807) is 18.2 Å². The van der Waals surface area contributed by atoms with E-state index < -0.39 is 6.04 Å². The van der Waals surface area contributed by atoms with Crippen LogP contribution in [0.2, 0.25) is 10.0 Å². The van der Waals surface area contributed by atoms with Gasteiger partial charge in [-0.05, 0) is 38.0 Å². The summed E-state index contributed by atoms with van der Waals surface area (Å²) in [5.41, 5.74) is 0.326.